The zero-order chi connectivity index (χ0) is 23.0. The highest BCUT2D eigenvalue weighted by Gasteiger charge is 2.34. The van der Waals surface area contributed by atoms with E-state index in [1.54, 1.807) is 24.3 Å². The van der Waals surface area contributed by atoms with Crippen molar-refractivity contribution in [3.8, 4) is 0 Å². The minimum Gasteiger partial charge on any atom is -0.302 e. The summed E-state index contributed by atoms with van der Waals surface area (Å²) in [4.78, 5) is 43.5. The second kappa shape index (κ2) is 8.70. The first kappa shape index (κ1) is 22.5. The van der Waals surface area contributed by atoms with Gasteiger partial charge in [-0.05, 0) is 18.6 Å². The number of rotatable bonds is 7. The van der Waals surface area contributed by atoms with Crippen molar-refractivity contribution in [1.82, 2.24) is 18.5 Å². The van der Waals surface area contributed by atoms with Crippen molar-refractivity contribution in [2.75, 3.05) is 32.5 Å². The van der Waals surface area contributed by atoms with Crippen LogP contribution in [0, 0.1) is 0 Å². The molecule has 4 rings (SSSR count). The molecule has 0 radical (unpaired) electrons. The molecule has 0 fully saturated rings. The van der Waals surface area contributed by atoms with Gasteiger partial charge in [0.15, 0.2) is 5.13 Å². The topological polar surface area (TPSA) is 120 Å². The molecule has 0 aliphatic carbocycles. The first-order valence-corrected chi connectivity index (χ1v) is 12.3. The average Bonchev–Trinajstić information content (AvgIpc) is 3.26. The lowest BCUT2D eigenvalue weighted by atomic mass is 10.1. The van der Waals surface area contributed by atoms with Gasteiger partial charge >= 0.3 is 0 Å². The van der Waals surface area contributed by atoms with Gasteiger partial charge in [0.25, 0.3) is 22.0 Å². The average molecular weight is 478 g/mol. The molecule has 0 spiro atoms. The lowest BCUT2D eigenvalue weighted by Gasteiger charge is -2.27. The molecule has 0 saturated heterocycles. The molecule has 1 N–H and O–H groups in total. The maximum atomic E-state index is 12.4. The Balaban J connectivity index is 1.30. The second-order valence-corrected chi connectivity index (χ2v) is 10.9. The summed E-state index contributed by atoms with van der Waals surface area (Å²) in [5.74, 6) is -0.947. The van der Waals surface area contributed by atoms with Gasteiger partial charge in [0.2, 0.25) is 5.91 Å². The summed E-state index contributed by atoms with van der Waals surface area (Å²) >= 11 is 1.26. The quantitative estimate of drug-likeness (QED) is 0.601. The number of benzene rings is 1. The summed E-state index contributed by atoms with van der Waals surface area (Å²) in [5, 5.41) is 3.16. The normalized spacial score (nSPS) is 16.4. The number of thiazole rings is 1. The van der Waals surface area contributed by atoms with Crippen LogP contribution in [0.15, 0.2) is 24.3 Å². The highest BCUT2D eigenvalue weighted by Crippen LogP contribution is 2.30. The number of carbonyl (C=O) groups is 3. The van der Waals surface area contributed by atoms with E-state index < -0.39 is 10.2 Å². The summed E-state index contributed by atoms with van der Waals surface area (Å²) in [6.07, 6.45) is 0.935. The molecule has 10 nitrogen and oxygen atoms in total. The molecule has 2 aliphatic rings. The Morgan fingerprint density at radius 1 is 1.19 bits per heavy atom. The molecule has 32 heavy (non-hydrogen) atoms. The van der Waals surface area contributed by atoms with E-state index in [1.165, 1.54) is 38.9 Å². The number of carbonyl (C=O) groups excluding carboxylic acids is 3. The van der Waals surface area contributed by atoms with E-state index in [0.717, 1.165) is 10.6 Å². The molecule has 0 atom stereocenters. The van der Waals surface area contributed by atoms with E-state index in [9.17, 15) is 22.8 Å². The smallest absolute Gasteiger partial charge is 0.281 e. The molecule has 0 unspecified atom stereocenters. The van der Waals surface area contributed by atoms with E-state index in [2.05, 4.69) is 10.3 Å². The summed E-state index contributed by atoms with van der Waals surface area (Å²) in [6.45, 7) is 0.722. The van der Waals surface area contributed by atoms with Crippen LogP contribution in [-0.2, 0) is 28.0 Å². The van der Waals surface area contributed by atoms with Crippen molar-refractivity contribution in [1.29, 1.82) is 0 Å². The van der Waals surface area contributed by atoms with Crippen LogP contribution >= 0.6 is 11.3 Å². The third-order valence-corrected chi connectivity index (χ3v) is 8.28. The highest BCUT2D eigenvalue weighted by atomic mass is 32.2. The molecule has 2 aliphatic heterocycles. The minimum absolute atomic E-state index is 0.124. The van der Waals surface area contributed by atoms with Crippen LogP contribution < -0.4 is 5.32 Å². The summed E-state index contributed by atoms with van der Waals surface area (Å²) in [7, 11) is -0.525. The molecule has 1 aromatic heterocycles. The lowest BCUT2D eigenvalue weighted by molar-refractivity contribution is -0.116. The Kier molecular flexibility index (Phi) is 6.12. The molecule has 0 bridgehead atoms. The van der Waals surface area contributed by atoms with Crippen molar-refractivity contribution >= 4 is 44.4 Å². The fraction of sp³-hybridized carbons (Fsp3) is 0.400. The Bertz CT molecular complexity index is 1160. The molecular weight excluding hydrogens is 454 g/mol. The summed E-state index contributed by atoms with van der Waals surface area (Å²) in [5.41, 5.74) is 1.57. The third kappa shape index (κ3) is 4.18. The van der Waals surface area contributed by atoms with Crippen LogP contribution in [0.5, 0.6) is 0 Å². The van der Waals surface area contributed by atoms with Crippen molar-refractivity contribution in [2.24, 2.45) is 0 Å². The number of nitrogens with one attached hydrogen (secondary N) is 1. The van der Waals surface area contributed by atoms with Gasteiger partial charge in [0.1, 0.15) is 0 Å². The largest absolute Gasteiger partial charge is 0.302 e. The van der Waals surface area contributed by atoms with Gasteiger partial charge in [-0.15, -0.1) is 11.3 Å². The van der Waals surface area contributed by atoms with Crippen LogP contribution in [-0.4, -0.2) is 71.8 Å². The predicted octanol–water partition coefficient (Wildman–Crippen LogP) is 1.32. The van der Waals surface area contributed by atoms with E-state index in [-0.39, 0.29) is 37.2 Å². The van der Waals surface area contributed by atoms with Gasteiger partial charge in [0, 0.05) is 44.9 Å². The van der Waals surface area contributed by atoms with Gasteiger partial charge < -0.3 is 5.32 Å². The summed E-state index contributed by atoms with van der Waals surface area (Å²) in [6, 6.07) is 6.67. The Hall–Kier alpha value is -2.67. The van der Waals surface area contributed by atoms with Crippen LogP contribution in [0.2, 0.25) is 0 Å². The Morgan fingerprint density at radius 3 is 2.47 bits per heavy atom. The number of hydrogen-bond donors (Lipinski definition) is 1. The van der Waals surface area contributed by atoms with Crippen molar-refractivity contribution in [2.45, 2.75) is 25.8 Å². The molecule has 0 saturated carbocycles. The fourth-order valence-corrected chi connectivity index (χ4v) is 5.87. The molecular formula is C20H23N5O5S2. The standard InChI is InChI=1S/C20H23N5O5S2/c1-23(2)32(29,30)24-11-9-15-16(12-24)31-20(21-15)22-17(26)8-5-10-25-18(27)13-6-3-4-7-14(13)19(25)28/h3-4,6-7H,5,8-12H2,1-2H3,(H,21,22,26). The van der Waals surface area contributed by atoms with Gasteiger partial charge in [-0.1, -0.05) is 12.1 Å². The van der Waals surface area contributed by atoms with Crippen LogP contribution in [0.1, 0.15) is 44.1 Å². The van der Waals surface area contributed by atoms with E-state index in [4.69, 9.17) is 0 Å². The molecule has 170 valence electrons. The number of amides is 3. The second-order valence-electron chi connectivity index (χ2n) is 7.72. The highest BCUT2D eigenvalue weighted by molar-refractivity contribution is 7.86. The SMILES string of the molecule is CN(C)S(=O)(=O)N1CCc2nc(NC(=O)CCCN3C(=O)c4ccccc4C3=O)sc2C1. The van der Waals surface area contributed by atoms with Gasteiger partial charge in [0.05, 0.1) is 23.4 Å². The monoisotopic (exact) mass is 477 g/mol. The lowest BCUT2D eigenvalue weighted by Crippen LogP contribution is -2.42. The van der Waals surface area contributed by atoms with Crippen LogP contribution in [0.3, 0.4) is 0 Å². The van der Waals surface area contributed by atoms with Crippen molar-refractivity contribution in [3.63, 3.8) is 0 Å². The van der Waals surface area contributed by atoms with Crippen molar-refractivity contribution < 1.29 is 22.8 Å². The molecule has 3 heterocycles. The molecule has 3 amide bonds. The number of nitrogens with zero attached hydrogens (tertiary/aromatic N) is 4. The zero-order valence-corrected chi connectivity index (χ0v) is 19.3. The van der Waals surface area contributed by atoms with E-state index in [1.807, 2.05) is 0 Å². The van der Waals surface area contributed by atoms with Gasteiger partial charge in [-0.25, -0.2) is 4.98 Å². The van der Waals surface area contributed by atoms with Gasteiger partial charge in [-0.2, -0.15) is 17.0 Å². The number of fused-ring (bicyclic) bond motifs is 2. The zero-order valence-electron chi connectivity index (χ0n) is 17.7. The van der Waals surface area contributed by atoms with Gasteiger partial charge in [-0.3, -0.25) is 19.3 Å². The molecule has 2 aromatic rings. The minimum atomic E-state index is -3.51. The fourth-order valence-electron chi connectivity index (χ4n) is 3.68. The predicted molar refractivity (Wildman–Crippen MR) is 119 cm³/mol. The van der Waals surface area contributed by atoms with Crippen LogP contribution in [0.4, 0.5) is 5.13 Å². The first-order chi connectivity index (χ1) is 15.2. The Labute approximate surface area is 190 Å². The number of imide groups is 1. The number of aromatic nitrogens is 1. The number of hydrogen-bond acceptors (Lipinski definition) is 7. The van der Waals surface area contributed by atoms with E-state index >= 15 is 0 Å². The third-order valence-electron chi connectivity index (χ3n) is 5.39. The maximum absolute atomic E-state index is 12.4. The van der Waals surface area contributed by atoms with Crippen LogP contribution in [0.25, 0.3) is 0 Å². The number of anilines is 1. The molecule has 1 aromatic carbocycles. The van der Waals surface area contributed by atoms with Crippen molar-refractivity contribution in [3.05, 3.63) is 46.0 Å². The molecule has 12 heteroatoms. The first-order valence-electron chi connectivity index (χ1n) is 10.1. The Morgan fingerprint density at radius 2 is 1.84 bits per heavy atom. The maximum Gasteiger partial charge on any atom is 0.281 e. The van der Waals surface area contributed by atoms with E-state index in [0.29, 0.717) is 35.6 Å². The summed E-state index contributed by atoms with van der Waals surface area (Å²) < 4.78 is 27.2.